The summed E-state index contributed by atoms with van der Waals surface area (Å²) in [5, 5.41) is 3.94. The number of nitrogens with zero attached hydrogens (tertiary/aromatic N) is 5. The summed E-state index contributed by atoms with van der Waals surface area (Å²) in [6, 6.07) is 3.70. The minimum Gasteiger partial charge on any atom is -0.368 e. The third-order valence-corrected chi connectivity index (χ3v) is 4.83. The maximum atomic E-state index is 12.8. The first-order chi connectivity index (χ1) is 12.6. The Hall–Kier alpha value is -3.23. The van der Waals surface area contributed by atoms with Crippen molar-refractivity contribution < 1.29 is 4.79 Å². The monoisotopic (exact) mass is 352 g/mol. The number of hydrogen-bond acceptors (Lipinski definition) is 7. The molecule has 1 aliphatic rings. The molecule has 0 bridgehead atoms. The van der Waals surface area contributed by atoms with E-state index in [0.29, 0.717) is 11.6 Å². The van der Waals surface area contributed by atoms with Gasteiger partial charge in [0.15, 0.2) is 0 Å². The van der Waals surface area contributed by atoms with Crippen LogP contribution in [0.1, 0.15) is 30.3 Å². The molecule has 1 aliphatic heterocycles. The SMILES string of the molecule is CC1C(NC(=O)c2nccc3[nH]ccc23)CCCN1c1ncnc(N)n1. The molecule has 4 heterocycles. The van der Waals surface area contributed by atoms with E-state index in [1.807, 2.05) is 19.1 Å². The summed E-state index contributed by atoms with van der Waals surface area (Å²) in [7, 11) is 0. The number of H-pyrrole nitrogens is 1. The number of nitrogens with one attached hydrogen (secondary N) is 2. The number of nitrogen functional groups attached to an aromatic ring is 1. The van der Waals surface area contributed by atoms with Crippen molar-refractivity contribution in [3.63, 3.8) is 0 Å². The van der Waals surface area contributed by atoms with Crippen LogP contribution in [-0.4, -0.2) is 49.5 Å². The van der Waals surface area contributed by atoms with E-state index < -0.39 is 0 Å². The number of carbonyl (C=O) groups is 1. The number of aromatic amines is 1. The van der Waals surface area contributed by atoms with Crippen molar-refractivity contribution in [2.24, 2.45) is 0 Å². The zero-order chi connectivity index (χ0) is 18.1. The van der Waals surface area contributed by atoms with Crippen molar-refractivity contribution >= 4 is 28.7 Å². The van der Waals surface area contributed by atoms with Gasteiger partial charge in [0.1, 0.15) is 12.0 Å². The lowest BCUT2D eigenvalue weighted by Crippen LogP contribution is -2.54. The number of pyridine rings is 1. The fraction of sp³-hybridized carbons (Fsp3) is 0.353. The highest BCUT2D eigenvalue weighted by molar-refractivity contribution is 6.04. The number of amides is 1. The molecule has 0 saturated carbocycles. The minimum absolute atomic E-state index is 0.0277. The van der Waals surface area contributed by atoms with E-state index in [1.165, 1.54) is 6.33 Å². The molecule has 1 fully saturated rings. The van der Waals surface area contributed by atoms with E-state index in [0.717, 1.165) is 30.3 Å². The number of nitrogens with two attached hydrogens (primary N) is 1. The van der Waals surface area contributed by atoms with Gasteiger partial charge in [-0.05, 0) is 31.9 Å². The predicted molar refractivity (Wildman–Crippen MR) is 97.6 cm³/mol. The Morgan fingerprint density at radius 3 is 3.08 bits per heavy atom. The Kier molecular flexibility index (Phi) is 4.11. The molecule has 134 valence electrons. The summed E-state index contributed by atoms with van der Waals surface area (Å²) >= 11 is 0. The van der Waals surface area contributed by atoms with Crippen LogP contribution in [0.5, 0.6) is 0 Å². The summed E-state index contributed by atoms with van der Waals surface area (Å²) in [6.45, 7) is 2.86. The summed E-state index contributed by atoms with van der Waals surface area (Å²) in [4.78, 5) is 34.5. The molecule has 2 atom stereocenters. The number of carbonyl (C=O) groups excluding carboxylic acids is 1. The van der Waals surface area contributed by atoms with Crippen molar-refractivity contribution in [1.29, 1.82) is 0 Å². The predicted octanol–water partition coefficient (Wildman–Crippen LogP) is 1.12. The molecule has 1 amide bonds. The Morgan fingerprint density at radius 2 is 2.23 bits per heavy atom. The van der Waals surface area contributed by atoms with Gasteiger partial charge < -0.3 is 20.9 Å². The molecule has 4 rings (SSSR count). The number of aromatic nitrogens is 5. The maximum Gasteiger partial charge on any atom is 0.270 e. The number of rotatable bonds is 3. The highest BCUT2D eigenvalue weighted by atomic mass is 16.2. The number of hydrogen-bond donors (Lipinski definition) is 3. The van der Waals surface area contributed by atoms with Crippen LogP contribution in [0.3, 0.4) is 0 Å². The molecular weight excluding hydrogens is 332 g/mol. The molecule has 9 nitrogen and oxygen atoms in total. The highest BCUT2D eigenvalue weighted by Crippen LogP contribution is 2.23. The molecule has 2 unspecified atom stereocenters. The number of fused-ring (bicyclic) bond motifs is 1. The van der Waals surface area contributed by atoms with Gasteiger partial charge in [0.05, 0.1) is 0 Å². The number of piperidine rings is 1. The molecular formula is C17H20N8O. The summed E-state index contributed by atoms with van der Waals surface area (Å²) in [6.07, 6.45) is 6.65. The summed E-state index contributed by atoms with van der Waals surface area (Å²) in [5.41, 5.74) is 7.00. The van der Waals surface area contributed by atoms with Gasteiger partial charge in [-0.2, -0.15) is 4.98 Å². The van der Waals surface area contributed by atoms with Crippen LogP contribution in [0.2, 0.25) is 0 Å². The Bertz CT molecular complexity index is 939. The van der Waals surface area contributed by atoms with E-state index in [2.05, 4.69) is 35.1 Å². The first-order valence-electron chi connectivity index (χ1n) is 8.57. The fourth-order valence-electron chi connectivity index (χ4n) is 3.46. The molecule has 3 aromatic rings. The topological polar surface area (TPSA) is 126 Å². The van der Waals surface area contributed by atoms with Crippen LogP contribution in [0.25, 0.3) is 10.9 Å². The van der Waals surface area contributed by atoms with Crippen molar-refractivity contribution in [2.75, 3.05) is 17.2 Å². The van der Waals surface area contributed by atoms with E-state index in [9.17, 15) is 4.79 Å². The normalized spacial score (nSPS) is 20.3. The van der Waals surface area contributed by atoms with Crippen LogP contribution >= 0.6 is 0 Å². The standard InChI is InChI=1S/C17H20N8O/c1-10-12(3-2-8-25(10)17-22-9-21-16(18)24-17)23-15(26)14-11-4-6-19-13(11)5-7-20-14/h4-7,9-10,12,19H,2-3,8H2,1H3,(H,23,26)(H2,18,21,22,24). The molecule has 0 aromatic carbocycles. The zero-order valence-electron chi connectivity index (χ0n) is 14.4. The maximum absolute atomic E-state index is 12.8. The minimum atomic E-state index is -0.177. The quantitative estimate of drug-likeness (QED) is 0.645. The smallest absolute Gasteiger partial charge is 0.270 e. The van der Waals surface area contributed by atoms with Crippen LogP contribution in [0.4, 0.5) is 11.9 Å². The zero-order valence-corrected chi connectivity index (χ0v) is 14.4. The Labute approximate surface area is 150 Å². The Morgan fingerprint density at radius 1 is 1.35 bits per heavy atom. The molecule has 3 aromatic heterocycles. The molecule has 4 N–H and O–H groups in total. The largest absolute Gasteiger partial charge is 0.368 e. The lowest BCUT2D eigenvalue weighted by atomic mass is 9.97. The van der Waals surface area contributed by atoms with Gasteiger partial charge >= 0.3 is 0 Å². The lowest BCUT2D eigenvalue weighted by molar-refractivity contribution is 0.0921. The average Bonchev–Trinajstić information content (AvgIpc) is 3.12. The molecule has 9 heteroatoms. The van der Waals surface area contributed by atoms with Crippen LogP contribution in [0, 0.1) is 0 Å². The van der Waals surface area contributed by atoms with Crippen LogP contribution < -0.4 is 16.0 Å². The van der Waals surface area contributed by atoms with E-state index in [1.54, 1.807) is 12.4 Å². The first-order valence-corrected chi connectivity index (χ1v) is 8.57. The van der Waals surface area contributed by atoms with E-state index in [-0.39, 0.29) is 23.9 Å². The van der Waals surface area contributed by atoms with Crippen molar-refractivity contribution in [2.45, 2.75) is 31.8 Å². The summed E-state index contributed by atoms with van der Waals surface area (Å²) in [5.74, 6) is 0.551. The first kappa shape index (κ1) is 16.2. The Balaban J connectivity index is 1.54. The molecule has 1 saturated heterocycles. The van der Waals surface area contributed by atoms with Gasteiger partial charge in [-0.3, -0.25) is 9.78 Å². The van der Waals surface area contributed by atoms with Gasteiger partial charge in [-0.1, -0.05) is 0 Å². The van der Waals surface area contributed by atoms with Gasteiger partial charge in [-0.25, -0.2) is 9.97 Å². The third-order valence-electron chi connectivity index (χ3n) is 4.83. The molecule has 0 spiro atoms. The van der Waals surface area contributed by atoms with Gasteiger partial charge in [0.2, 0.25) is 11.9 Å². The fourth-order valence-corrected chi connectivity index (χ4v) is 3.46. The van der Waals surface area contributed by atoms with Crippen molar-refractivity contribution in [3.05, 3.63) is 36.5 Å². The molecule has 0 aliphatic carbocycles. The highest BCUT2D eigenvalue weighted by Gasteiger charge is 2.31. The number of anilines is 2. The van der Waals surface area contributed by atoms with E-state index in [4.69, 9.17) is 5.73 Å². The van der Waals surface area contributed by atoms with Crippen LogP contribution in [-0.2, 0) is 0 Å². The second-order valence-electron chi connectivity index (χ2n) is 6.40. The second-order valence-corrected chi connectivity index (χ2v) is 6.40. The lowest BCUT2D eigenvalue weighted by Gasteiger charge is -2.39. The molecule has 26 heavy (non-hydrogen) atoms. The van der Waals surface area contributed by atoms with Gasteiger partial charge in [0, 0.05) is 41.9 Å². The third kappa shape index (κ3) is 2.92. The van der Waals surface area contributed by atoms with Gasteiger partial charge in [-0.15, -0.1) is 0 Å². The average molecular weight is 352 g/mol. The second kappa shape index (κ2) is 6.58. The van der Waals surface area contributed by atoms with E-state index >= 15 is 0 Å². The van der Waals surface area contributed by atoms with Crippen molar-refractivity contribution in [1.82, 2.24) is 30.2 Å². The van der Waals surface area contributed by atoms with Crippen LogP contribution in [0.15, 0.2) is 30.9 Å². The molecule has 0 radical (unpaired) electrons. The summed E-state index contributed by atoms with van der Waals surface area (Å²) < 4.78 is 0. The van der Waals surface area contributed by atoms with Crippen molar-refractivity contribution in [3.8, 4) is 0 Å². The van der Waals surface area contributed by atoms with Gasteiger partial charge in [0.25, 0.3) is 5.91 Å².